The number of aromatic carboxylic acids is 1. The van der Waals surface area contributed by atoms with Gasteiger partial charge in [-0.25, -0.2) is 9.78 Å². The highest BCUT2D eigenvalue weighted by atomic mass is 32.1. The van der Waals surface area contributed by atoms with E-state index in [1.807, 2.05) is 0 Å². The Balaban J connectivity index is 2.53. The Morgan fingerprint density at radius 3 is 2.50 bits per heavy atom. The molecule has 0 saturated heterocycles. The van der Waals surface area contributed by atoms with E-state index < -0.39 is 18.1 Å². The summed E-state index contributed by atoms with van der Waals surface area (Å²) in [5, 5.41) is 10.8. The summed E-state index contributed by atoms with van der Waals surface area (Å²) in [7, 11) is 0. The van der Waals surface area contributed by atoms with Crippen LogP contribution in [-0.2, 0) is 11.2 Å². The molecule has 0 unspecified atom stereocenters. The average molecular weight is 282 g/mol. The zero-order valence-corrected chi connectivity index (χ0v) is 9.98. The molecule has 2 N–H and O–H groups in total. The molecular weight excluding hydrogens is 273 g/mol. The smallest absolute Gasteiger partial charge is 0.471 e. The van der Waals surface area contributed by atoms with Gasteiger partial charge >= 0.3 is 18.1 Å². The van der Waals surface area contributed by atoms with E-state index in [2.05, 4.69) is 4.98 Å². The minimum Gasteiger partial charge on any atom is -0.477 e. The van der Waals surface area contributed by atoms with Crippen LogP contribution in [0.15, 0.2) is 0 Å². The van der Waals surface area contributed by atoms with Crippen LogP contribution in [-0.4, -0.2) is 34.7 Å². The molecule has 5 nitrogen and oxygen atoms in total. The number of alkyl halides is 3. The van der Waals surface area contributed by atoms with Crippen molar-refractivity contribution in [3.63, 3.8) is 0 Å². The maximum atomic E-state index is 11.8. The average Bonchev–Trinajstić information content (AvgIpc) is 2.58. The first-order valence-electron chi connectivity index (χ1n) is 4.76. The highest BCUT2D eigenvalue weighted by Gasteiger charge is 2.38. The van der Waals surface area contributed by atoms with Gasteiger partial charge in [-0.05, 0) is 6.92 Å². The van der Waals surface area contributed by atoms with Crippen LogP contribution in [0.25, 0.3) is 0 Å². The van der Waals surface area contributed by atoms with Crippen LogP contribution in [0.3, 0.4) is 0 Å². The van der Waals surface area contributed by atoms with Crippen LogP contribution < -0.4 is 5.32 Å². The van der Waals surface area contributed by atoms with Gasteiger partial charge in [-0.1, -0.05) is 0 Å². The lowest BCUT2D eigenvalue weighted by molar-refractivity contribution is -0.173. The SMILES string of the molecule is Cc1nc(CCNC(=O)C(F)(F)F)sc1C(=O)O. The Kier molecular flexibility index (Phi) is 4.28. The molecule has 1 amide bonds. The molecule has 0 aliphatic heterocycles. The van der Waals surface area contributed by atoms with E-state index in [1.54, 1.807) is 5.32 Å². The largest absolute Gasteiger partial charge is 0.477 e. The van der Waals surface area contributed by atoms with Gasteiger partial charge in [-0.3, -0.25) is 4.79 Å². The van der Waals surface area contributed by atoms with Gasteiger partial charge in [0.25, 0.3) is 0 Å². The van der Waals surface area contributed by atoms with Crippen molar-refractivity contribution in [2.24, 2.45) is 0 Å². The minimum atomic E-state index is -4.91. The highest BCUT2D eigenvalue weighted by Crippen LogP contribution is 2.18. The summed E-state index contributed by atoms with van der Waals surface area (Å²) in [5.74, 6) is -3.15. The summed E-state index contributed by atoms with van der Waals surface area (Å²) in [4.78, 5) is 25.1. The fourth-order valence-corrected chi connectivity index (χ4v) is 2.04. The number of halogens is 3. The fraction of sp³-hybridized carbons (Fsp3) is 0.444. The number of nitrogens with zero attached hydrogens (tertiary/aromatic N) is 1. The van der Waals surface area contributed by atoms with E-state index in [4.69, 9.17) is 5.11 Å². The van der Waals surface area contributed by atoms with Gasteiger partial charge in [0.15, 0.2) is 0 Å². The summed E-state index contributed by atoms with van der Waals surface area (Å²) in [6.45, 7) is 1.25. The summed E-state index contributed by atoms with van der Waals surface area (Å²) in [6, 6.07) is 0. The van der Waals surface area contributed by atoms with E-state index in [1.165, 1.54) is 6.92 Å². The number of nitrogens with one attached hydrogen (secondary N) is 1. The normalized spacial score (nSPS) is 11.3. The highest BCUT2D eigenvalue weighted by molar-refractivity contribution is 7.13. The Bertz CT molecular complexity index is 470. The molecule has 0 spiro atoms. The van der Waals surface area contributed by atoms with E-state index >= 15 is 0 Å². The number of aromatic nitrogens is 1. The second-order valence-electron chi connectivity index (χ2n) is 3.33. The quantitative estimate of drug-likeness (QED) is 0.874. The predicted octanol–water partition coefficient (Wildman–Crippen LogP) is 1.37. The number of amides is 1. The van der Waals surface area contributed by atoms with E-state index in [9.17, 15) is 22.8 Å². The lowest BCUT2D eigenvalue weighted by atomic mass is 10.4. The van der Waals surface area contributed by atoms with E-state index in [0.717, 1.165) is 11.3 Å². The Labute approximate surface area is 104 Å². The molecule has 0 saturated carbocycles. The maximum Gasteiger partial charge on any atom is 0.471 e. The zero-order chi connectivity index (χ0) is 13.9. The first-order valence-corrected chi connectivity index (χ1v) is 5.58. The standard InChI is InChI=1S/C9H9F3N2O3S/c1-4-6(7(15)16)18-5(14-4)2-3-13-8(17)9(10,11)12/h2-3H2,1H3,(H,13,17)(H,15,16). The monoisotopic (exact) mass is 282 g/mol. The first kappa shape index (κ1) is 14.4. The first-order chi connectivity index (χ1) is 8.21. The second-order valence-corrected chi connectivity index (χ2v) is 4.41. The molecule has 0 fully saturated rings. The Morgan fingerprint density at radius 1 is 1.44 bits per heavy atom. The number of thiazole rings is 1. The van der Waals surface area contributed by atoms with Gasteiger partial charge in [0.2, 0.25) is 0 Å². The molecule has 0 radical (unpaired) electrons. The third-order valence-corrected chi connectivity index (χ3v) is 3.12. The number of carboxylic acids is 1. The van der Waals surface area contributed by atoms with Crippen molar-refractivity contribution in [3.8, 4) is 0 Å². The number of rotatable bonds is 4. The van der Waals surface area contributed by atoms with Gasteiger partial charge in [-0.15, -0.1) is 11.3 Å². The number of carbonyl (C=O) groups excluding carboxylic acids is 1. The molecule has 0 atom stereocenters. The van der Waals surface area contributed by atoms with Crippen molar-refractivity contribution < 1.29 is 27.9 Å². The fourth-order valence-electron chi connectivity index (χ4n) is 1.14. The molecular formula is C9H9F3N2O3S. The van der Waals surface area contributed by atoms with Crippen LogP contribution in [0, 0.1) is 6.92 Å². The van der Waals surface area contributed by atoms with Gasteiger partial charge in [-0.2, -0.15) is 13.2 Å². The van der Waals surface area contributed by atoms with E-state index in [-0.39, 0.29) is 17.8 Å². The number of carbonyl (C=O) groups is 2. The maximum absolute atomic E-state index is 11.8. The molecule has 9 heteroatoms. The van der Waals surface area contributed by atoms with E-state index in [0.29, 0.717) is 10.7 Å². The van der Waals surface area contributed by atoms with Crippen LogP contribution in [0.2, 0.25) is 0 Å². The summed E-state index contributed by atoms with van der Waals surface area (Å²) < 4.78 is 35.5. The lowest BCUT2D eigenvalue weighted by Gasteiger charge is -2.06. The molecule has 1 rings (SSSR count). The Morgan fingerprint density at radius 2 is 2.06 bits per heavy atom. The van der Waals surface area contributed by atoms with Gasteiger partial charge < -0.3 is 10.4 Å². The summed E-state index contributed by atoms with van der Waals surface area (Å²) in [6.07, 6.45) is -4.86. The van der Waals surface area contributed by atoms with Crippen LogP contribution in [0.5, 0.6) is 0 Å². The van der Waals surface area contributed by atoms with Crippen molar-refractivity contribution >= 4 is 23.2 Å². The molecule has 0 aromatic carbocycles. The minimum absolute atomic E-state index is 0.0483. The third kappa shape index (κ3) is 3.69. The third-order valence-electron chi connectivity index (χ3n) is 1.92. The zero-order valence-electron chi connectivity index (χ0n) is 9.17. The molecule has 0 bridgehead atoms. The van der Waals surface area contributed by atoms with Gasteiger partial charge in [0.05, 0.1) is 10.7 Å². The second kappa shape index (κ2) is 5.34. The molecule has 1 heterocycles. The molecule has 100 valence electrons. The van der Waals surface area contributed by atoms with Crippen molar-refractivity contribution in [3.05, 3.63) is 15.6 Å². The van der Waals surface area contributed by atoms with Crippen molar-refractivity contribution in [1.29, 1.82) is 0 Å². The molecule has 0 aliphatic carbocycles. The topological polar surface area (TPSA) is 79.3 Å². The Hall–Kier alpha value is -1.64. The van der Waals surface area contributed by atoms with Crippen molar-refractivity contribution in [2.75, 3.05) is 6.54 Å². The molecule has 1 aromatic heterocycles. The summed E-state index contributed by atoms with van der Waals surface area (Å²) >= 11 is 0.884. The summed E-state index contributed by atoms with van der Waals surface area (Å²) in [5.41, 5.74) is 0.310. The van der Waals surface area contributed by atoms with Gasteiger partial charge in [0.1, 0.15) is 4.88 Å². The van der Waals surface area contributed by atoms with Crippen molar-refractivity contribution in [1.82, 2.24) is 10.3 Å². The lowest BCUT2D eigenvalue weighted by Crippen LogP contribution is -2.37. The van der Waals surface area contributed by atoms with Crippen LogP contribution in [0.1, 0.15) is 20.4 Å². The van der Waals surface area contributed by atoms with Gasteiger partial charge in [0, 0.05) is 13.0 Å². The molecule has 1 aromatic rings. The van der Waals surface area contributed by atoms with Crippen LogP contribution in [0.4, 0.5) is 13.2 Å². The number of aryl methyl sites for hydroxylation is 1. The molecule has 18 heavy (non-hydrogen) atoms. The number of hydrogen-bond donors (Lipinski definition) is 2. The van der Waals surface area contributed by atoms with Crippen molar-refractivity contribution in [2.45, 2.75) is 19.5 Å². The van der Waals surface area contributed by atoms with Crippen LogP contribution >= 0.6 is 11.3 Å². The molecule has 0 aliphatic rings. The number of carboxylic acid groups (broad SMARTS) is 1. The number of hydrogen-bond acceptors (Lipinski definition) is 4. The predicted molar refractivity (Wildman–Crippen MR) is 56.6 cm³/mol.